The van der Waals surface area contributed by atoms with E-state index < -0.39 is 0 Å². The first-order chi connectivity index (χ1) is 12.0. The Bertz CT molecular complexity index is 622. The quantitative estimate of drug-likeness (QED) is 0.814. The van der Waals surface area contributed by atoms with Gasteiger partial charge in [-0.25, -0.2) is 0 Å². The Morgan fingerprint density at radius 3 is 2.64 bits per heavy atom. The maximum atomic E-state index is 12.5. The number of hydrogen-bond acceptors (Lipinski definition) is 4. The van der Waals surface area contributed by atoms with Crippen LogP contribution in [0.4, 0.5) is 0 Å². The van der Waals surface area contributed by atoms with Crippen molar-refractivity contribution >= 4 is 11.8 Å². The molecule has 1 unspecified atom stereocenters. The molecule has 0 N–H and O–H groups in total. The Kier molecular flexibility index (Phi) is 5.73. The molecule has 0 aromatic carbocycles. The second-order valence-corrected chi connectivity index (χ2v) is 7.02. The van der Waals surface area contributed by atoms with Crippen molar-refractivity contribution in [1.29, 1.82) is 0 Å². The first-order valence-corrected chi connectivity index (χ1v) is 9.20. The van der Waals surface area contributed by atoms with Crippen molar-refractivity contribution in [1.82, 2.24) is 19.6 Å². The smallest absolute Gasteiger partial charge is 0.228 e. The Morgan fingerprint density at radius 2 is 1.96 bits per heavy atom. The molecule has 0 bridgehead atoms. The van der Waals surface area contributed by atoms with Crippen LogP contribution >= 0.6 is 0 Å². The van der Waals surface area contributed by atoms with Gasteiger partial charge >= 0.3 is 0 Å². The molecule has 0 saturated carbocycles. The van der Waals surface area contributed by atoms with E-state index in [2.05, 4.69) is 5.10 Å². The number of amides is 2. The summed E-state index contributed by atoms with van der Waals surface area (Å²) in [5, 5.41) is 4.41. The lowest BCUT2D eigenvalue weighted by molar-refractivity contribution is -0.136. The fourth-order valence-electron chi connectivity index (χ4n) is 3.64. The van der Waals surface area contributed by atoms with E-state index in [-0.39, 0.29) is 17.7 Å². The molecule has 2 aliphatic heterocycles. The molecule has 3 rings (SSSR count). The summed E-state index contributed by atoms with van der Waals surface area (Å²) in [5.41, 5.74) is 2.06. The van der Waals surface area contributed by atoms with Gasteiger partial charge in [-0.2, -0.15) is 5.10 Å². The van der Waals surface area contributed by atoms with Gasteiger partial charge in [0.1, 0.15) is 0 Å². The van der Waals surface area contributed by atoms with E-state index in [1.165, 1.54) is 0 Å². The van der Waals surface area contributed by atoms with Gasteiger partial charge in [0.2, 0.25) is 11.8 Å². The molecule has 1 aromatic heterocycles. The van der Waals surface area contributed by atoms with Crippen LogP contribution < -0.4 is 0 Å². The van der Waals surface area contributed by atoms with E-state index in [0.717, 1.165) is 37.3 Å². The van der Waals surface area contributed by atoms with Crippen LogP contribution in [0.15, 0.2) is 6.07 Å². The third-order valence-electron chi connectivity index (χ3n) is 5.08. The summed E-state index contributed by atoms with van der Waals surface area (Å²) in [6, 6.07) is 2.02. The molecule has 2 saturated heterocycles. The zero-order chi connectivity index (χ0) is 17.8. The molecule has 0 spiro atoms. The lowest BCUT2D eigenvalue weighted by Crippen LogP contribution is -2.40. The van der Waals surface area contributed by atoms with E-state index in [9.17, 15) is 9.59 Å². The molecular weight excluding hydrogens is 320 g/mol. The molecule has 2 aliphatic rings. The van der Waals surface area contributed by atoms with Gasteiger partial charge in [0.25, 0.3) is 0 Å². The number of ether oxygens (including phenoxy) is 1. The van der Waals surface area contributed by atoms with Gasteiger partial charge in [-0.05, 0) is 32.8 Å². The number of nitrogens with zero attached hydrogens (tertiary/aromatic N) is 4. The predicted molar refractivity (Wildman–Crippen MR) is 93.0 cm³/mol. The minimum Gasteiger partial charge on any atom is -0.381 e. The van der Waals surface area contributed by atoms with E-state index in [1.807, 2.05) is 34.4 Å². The fourth-order valence-corrected chi connectivity index (χ4v) is 3.64. The number of carbonyl (C=O) groups excluding carboxylic acids is 2. The lowest BCUT2D eigenvalue weighted by atomic mass is 10.1. The zero-order valence-electron chi connectivity index (χ0n) is 15.2. The molecule has 2 fully saturated rings. The average Bonchev–Trinajstić information content (AvgIpc) is 3.15. The van der Waals surface area contributed by atoms with Crippen molar-refractivity contribution in [2.45, 2.75) is 39.7 Å². The summed E-state index contributed by atoms with van der Waals surface area (Å²) >= 11 is 0. The van der Waals surface area contributed by atoms with Gasteiger partial charge in [-0.3, -0.25) is 14.3 Å². The van der Waals surface area contributed by atoms with Crippen molar-refractivity contribution in [2.75, 3.05) is 39.4 Å². The fraction of sp³-hybridized carbons (Fsp3) is 0.722. The molecule has 138 valence electrons. The van der Waals surface area contributed by atoms with Crippen LogP contribution in [0.5, 0.6) is 0 Å². The highest BCUT2D eigenvalue weighted by Gasteiger charge is 2.29. The standard InChI is InChI=1S/C18H28N4O3/c1-14-12-15(2)22(19-14)8-4-17(23)20-6-3-7-21(10-9-20)18(24)16-5-11-25-13-16/h12,16H,3-11,13H2,1-2H3. The maximum Gasteiger partial charge on any atom is 0.228 e. The zero-order valence-corrected chi connectivity index (χ0v) is 15.2. The highest BCUT2D eigenvalue weighted by Crippen LogP contribution is 2.17. The molecule has 25 heavy (non-hydrogen) atoms. The maximum absolute atomic E-state index is 12.5. The van der Waals surface area contributed by atoms with Crippen molar-refractivity contribution in [2.24, 2.45) is 5.92 Å². The largest absolute Gasteiger partial charge is 0.381 e. The summed E-state index contributed by atoms with van der Waals surface area (Å²) in [6.07, 6.45) is 2.11. The third-order valence-corrected chi connectivity index (χ3v) is 5.08. The first kappa shape index (κ1) is 17.9. The summed E-state index contributed by atoms with van der Waals surface area (Å²) < 4.78 is 7.21. The Hall–Kier alpha value is -1.89. The number of aromatic nitrogens is 2. The Labute approximate surface area is 148 Å². The van der Waals surface area contributed by atoms with Crippen LogP contribution in [0, 0.1) is 19.8 Å². The average molecular weight is 348 g/mol. The van der Waals surface area contributed by atoms with Gasteiger partial charge in [0.15, 0.2) is 0 Å². The van der Waals surface area contributed by atoms with Gasteiger partial charge in [0, 0.05) is 51.4 Å². The van der Waals surface area contributed by atoms with E-state index >= 15 is 0 Å². The Balaban J connectivity index is 1.49. The molecule has 1 atom stereocenters. The number of rotatable bonds is 4. The molecule has 7 nitrogen and oxygen atoms in total. The summed E-state index contributed by atoms with van der Waals surface area (Å²) in [7, 11) is 0. The number of hydrogen-bond donors (Lipinski definition) is 0. The topological polar surface area (TPSA) is 67.7 Å². The minimum absolute atomic E-state index is 0.00767. The van der Waals surface area contributed by atoms with Crippen LogP contribution in [0.25, 0.3) is 0 Å². The van der Waals surface area contributed by atoms with Crippen molar-refractivity contribution in [3.8, 4) is 0 Å². The van der Waals surface area contributed by atoms with Crippen LogP contribution in [0.1, 0.15) is 30.7 Å². The second-order valence-electron chi connectivity index (χ2n) is 7.02. The summed E-state index contributed by atoms with van der Waals surface area (Å²) in [4.78, 5) is 28.9. The van der Waals surface area contributed by atoms with E-state index in [0.29, 0.717) is 39.3 Å². The van der Waals surface area contributed by atoms with Gasteiger partial charge in [-0.15, -0.1) is 0 Å². The molecule has 2 amide bonds. The molecule has 3 heterocycles. The first-order valence-electron chi connectivity index (χ1n) is 9.20. The molecule has 1 aromatic rings. The van der Waals surface area contributed by atoms with Crippen LogP contribution in [0.3, 0.4) is 0 Å². The predicted octanol–water partition coefficient (Wildman–Crippen LogP) is 0.987. The van der Waals surface area contributed by atoms with Gasteiger partial charge < -0.3 is 14.5 Å². The van der Waals surface area contributed by atoms with E-state index in [1.54, 1.807) is 0 Å². The van der Waals surface area contributed by atoms with Crippen LogP contribution in [-0.4, -0.2) is 70.8 Å². The highest BCUT2D eigenvalue weighted by atomic mass is 16.5. The lowest BCUT2D eigenvalue weighted by Gasteiger charge is -2.24. The summed E-state index contributed by atoms with van der Waals surface area (Å²) in [6.45, 7) is 8.50. The van der Waals surface area contributed by atoms with Crippen molar-refractivity contribution in [3.05, 3.63) is 17.5 Å². The van der Waals surface area contributed by atoms with Crippen LogP contribution in [0.2, 0.25) is 0 Å². The Morgan fingerprint density at radius 1 is 1.20 bits per heavy atom. The second kappa shape index (κ2) is 7.99. The summed E-state index contributed by atoms with van der Waals surface area (Å²) in [5.74, 6) is 0.341. The molecule has 0 radical (unpaired) electrons. The van der Waals surface area contributed by atoms with Crippen molar-refractivity contribution in [3.63, 3.8) is 0 Å². The number of aryl methyl sites for hydroxylation is 3. The highest BCUT2D eigenvalue weighted by molar-refractivity contribution is 5.80. The minimum atomic E-state index is 0.00767. The van der Waals surface area contributed by atoms with Gasteiger partial charge in [0.05, 0.1) is 18.2 Å². The normalized spacial score (nSPS) is 21.4. The number of carbonyl (C=O) groups is 2. The molecule has 0 aliphatic carbocycles. The van der Waals surface area contributed by atoms with E-state index in [4.69, 9.17) is 4.74 Å². The third kappa shape index (κ3) is 4.39. The van der Waals surface area contributed by atoms with Crippen molar-refractivity contribution < 1.29 is 14.3 Å². The van der Waals surface area contributed by atoms with Gasteiger partial charge in [-0.1, -0.05) is 0 Å². The SMILES string of the molecule is Cc1cc(C)n(CCC(=O)N2CCCN(C(=O)C3CCOC3)CC2)n1. The monoisotopic (exact) mass is 348 g/mol. The van der Waals surface area contributed by atoms with Crippen LogP contribution in [-0.2, 0) is 20.9 Å². The molecular formula is C18H28N4O3. The molecule has 7 heteroatoms.